The smallest absolute Gasteiger partial charge is 0.378 e. The van der Waals surface area contributed by atoms with E-state index in [4.69, 9.17) is 14.9 Å². The zero-order chi connectivity index (χ0) is 10.6. The van der Waals surface area contributed by atoms with Crippen LogP contribution >= 0.6 is 0 Å². The number of aliphatic hydroxyl groups excluding tert-OH is 3. The maximum Gasteiger partial charge on any atom is 0.378 e. The second-order valence-electron chi connectivity index (χ2n) is 3.60. The van der Waals surface area contributed by atoms with Crippen molar-refractivity contribution in [1.29, 1.82) is 0 Å². The Morgan fingerprint density at radius 2 is 2.00 bits per heavy atom. The van der Waals surface area contributed by atoms with Gasteiger partial charge in [-0.05, 0) is 6.42 Å². The predicted molar refractivity (Wildman–Crippen MR) is 42.4 cm³/mol. The Bertz CT molecular complexity index is 331. The van der Waals surface area contributed by atoms with Gasteiger partial charge in [-0.3, -0.25) is 0 Å². The van der Waals surface area contributed by atoms with Crippen LogP contribution in [0.15, 0.2) is 11.5 Å². The predicted octanol–water partition coefficient (Wildman–Crippen LogP) is -0.873. The summed E-state index contributed by atoms with van der Waals surface area (Å²) in [6, 6.07) is 0. The fourth-order valence-electron chi connectivity index (χ4n) is 1.88. The van der Waals surface area contributed by atoms with E-state index in [-0.39, 0.29) is 12.8 Å². The average Bonchev–Trinajstić information content (AvgIpc) is 2.41. The molecule has 4 N–H and O–H groups in total. The first-order valence-corrected chi connectivity index (χ1v) is 4.16. The first kappa shape index (κ1) is 9.29. The number of aliphatic hydroxyl groups is 4. The summed E-state index contributed by atoms with van der Waals surface area (Å²) in [6.07, 6.45) is 0.389. The lowest BCUT2D eigenvalue weighted by atomic mass is 9.65. The molecule has 14 heavy (non-hydrogen) atoms. The van der Waals surface area contributed by atoms with E-state index in [9.17, 15) is 15.0 Å². The summed E-state index contributed by atoms with van der Waals surface area (Å²) in [6.45, 7) is -0.641. The molecule has 6 nitrogen and oxygen atoms in total. The Balaban J connectivity index is 2.42. The van der Waals surface area contributed by atoms with Crippen molar-refractivity contribution >= 4 is 5.97 Å². The molecule has 1 fully saturated rings. The highest BCUT2D eigenvalue weighted by atomic mass is 16.6. The molecule has 0 aromatic carbocycles. The molecular formula is C8H10O6. The van der Waals surface area contributed by atoms with Gasteiger partial charge in [0.25, 0.3) is 0 Å². The van der Waals surface area contributed by atoms with Crippen molar-refractivity contribution in [2.45, 2.75) is 24.0 Å². The highest BCUT2D eigenvalue weighted by molar-refractivity contribution is 5.90. The van der Waals surface area contributed by atoms with Crippen LogP contribution in [0, 0.1) is 0 Å². The van der Waals surface area contributed by atoms with Crippen LogP contribution in [0.3, 0.4) is 0 Å². The molecule has 6 heteroatoms. The number of rotatable bonds is 1. The number of carbonyl (C=O) groups excluding carboxylic acids is 1. The molecule has 2 atom stereocenters. The van der Waals surface area contributed by atoms with Crippen molar-refractivity contribution in [3.63, 3.8) is 0 Å². The largest absolute Gasteiger partial charge is 0.505 e. The quantitative estimate of drug-likeness (QED) is 0.411. The summed E-state index contributed by atoms with van der Waals surface area (Å²) < 4.78 is 4.69. The highest BCUT2D eigenvalue weighted by Gasteiger charge is 2.68. The molecular weight excluding hydrogens is 192 g/mol. The van der Waals surface area contributed by atoms with Gasteiger partial charge in [0.05, 0.1) is 6.61 Å². The summed E-state index contributed by atoms with van der Waals surface area (Å²) in [7, 11) is 0. The van der Waals surface area contributed by atoms with Gasteiger partial charge in [-0.1, -0.05) is 0 Å². The summed E-state index contributed by atoms with van der Waals surface area (Å²) in [5, 5.41) is 37.1. The molecule has 1 aliphatic carbocycles. The Kier molecular flexibility index (Phi) is 1.59. The van der Waals surface area contributed by atoms with Gasteiger partial charge in [0.1, 0.15) is 5.60 Å². The molecule has 0 radical (unpaired) electrons. The number of esters is 1. The Morgan fingerprint density at radius 1 is 1.36 bits per heavy atom. The molecule has 0 aromatic rings. The SMILES string of the molecule is O=C1O[C@@]2(CC[C@]2(O)CO)C(O)=C1O. The summed E-state index contributed by atoms with van der Waals surface area (Å²) in [5.74, 6) is -2.66. The standard InChI is InChI=1S/C8H10O6/c9-3-7(13)1-2-8(7)5(11)4(10)6(12)14-8/h9-11,13H,1-3H2/t7-,8-/m0/s1. The molecule has 1 heterocycles. The molecule has 0 amide bonds. The first-order valence-electron chi connectivity index (χ1n) is 4.16. The van der Waals surface area contributed by atoms with E-state index in [1.54, 1.807) is 0 Å². The topological polar surface area (TPSA) is 107 Å². The molecule has 0 saturated heterocycles. The summed E-state index contributed by atoms with van der Waals surface area (Å²) in [4.78, 5) is 10.9. The third-order valence-electron chi connectivity index (χ3n) is 2.97. The zero-order valence-corrected chi connectivity index (χ0v) is 7.23. The van der Waals surface area contributed by atoms with Crippen LogP contribution in [0.5, 0.6) is 0 Å². The molecule has 1 saturated carbocycles. The minimum atomic E-state index is -1.68. The second kappa shape index (κ2) is 2.40. The number of carbonyl (C=O) groups is 1. The third kappa shape index (κ3) is 0.753. The third-order valence-corrected chi connectivity index (χ3v) is 2.97. The Labute approximate surface area is 79.0 Å². The van der Waals surface area contributed by atoms with E-state index in [0.29, 0.717) is 0 Å². The molecule has 0 unspecified atom stereocenters. The van der Waals surface area contributed by atoms with Crippen molar-refractivity contribution in [3.05, 3.63) is 11.5 Å². The molecule has 2 aliphatic rings. The lowest BCUT2D eigenvalue weighted by Gasteiger charge is -2.50. The van der Waals surface area contributed by atoms with Crippen LogP contribution in [-0.2, 0) is 9.53 Å². The minimum Gasteiger partial charge on any atom is -0.505 e. The van der Waals surface area contributed by atoms with Gasteiger partial charge in [-0.15, -0.1) is 0 Å². The van der Waals surface area contributed by atoms with Crippen LogP contribution in [0.4, 0.5) is 0 Å². The van der Waals surface area contributed by atoms with Crippen molar-refractivity contribution in [1.82, 2.24) is 0 Å². The van der Waals surface area contributed by atoms with Gasteiger partial charge in [0.2, 0.25) is 11.4 Å². The van der Waals surface area contributed by atoms with Crippen molar-refractivity contribution in [3.8, 4) is 0 Å². The highest BCUT2D eigenvalue weighted by Crippen LogP contribution is 2.52. The summed E-state index contributed by atoms with van der Waals surface area (Å²) >= 11 is 0. The van der Waals surface area contributed by atoms with E-state index in [0.717, 1.165) is 0 Å². The fraction of sp³-hybridized carbons (Fsp3) is 0.625. The van der Waals surface area contributed by atoms with Gasteiger partial charge in [-0.25, -0.2) is 4.79 Å². The van der Waals surface area contributed by atoms with Crippen molar-refractivity contribution < 1.29 is 30.0 Å². The average molecular weight is 202 g/mol. The van der Waals surface area contributed by atoms with E-state index >= 15 is 0 Å². The van der Waals surface area contributed by atoms with Gasteiger partial charge in [-0.2, -0.15) is 0 Å². The molecule has 0 bridgehead atoms. The maximum absolute atomic E-state index is 10.9. The van der Waals surface area contributed by atoms with Crippen LogP contribution in [0.25, 0.3) is 0 Å². The zero-order valence-electron chi connectivity index (χ0n) is 7.23. The van der Waals surface area contributed by atoms with Crippen LogP contribution < -0.4 is 0 Å². The molecule has 1 aliphatic heterocycles. The van der Waals surface area contributed by atoms with Gasteiger partial charge in [0.15, 0.2) is 5.76 Å². The van der Waals surface area contributed by atoms with Crippen LogP contribution in [0.1, 0.15) is 12.8 Å². The van der Waals surface area contributed by atoms with Gasteiger partial charge in [0, 0.05) is 6.42 Å². The number of hydrogen-bond donors (Lipinski definition) is 4. The fourth-order valence-corrected chi connectivity index (χ4v) is 1.88. The van der Waals surface area contributed by atoms with Gasteiger partial charge < -0.3 is 25.2 Å². The van der Waals surface area contributed by atoms with E-state index < -0.39 is 35.3 Å². The molecule has 78 valence electrons. The first-order chi connectivity index (χ1) is 6.47. The van der Waals surface area contributed by atoms with Gasteiger partial charge >= 0.3 is 5.97 Å². The molecule has 2 rings (SSSR count). The maximum atomic E-state index is 10.9. The Morgan fingerprint density at radius 3 is 2.29 bits per heavy atom. The van der Waals surface area contributed by atoms with E-state index in [2.05, 4.69) is 0 Å². The molecule has 0 aromatic heterocycles. The Hall–Kier alpha value is -1.27. The minimum absolute atomic E-state index is 0.186. The number of hydrogen-bond acceptors (Lipinski definition) is 6. The molecule has 1 spiro atoms. The van der Waals surface area contributed by atoms with E-state index in [1.807, 2.05) is 0 Å². The lowest BCUT2D eigenvalue weighted by molar-refractivity contribution is -0.236. The van der Waals surface area contributed by atoms with Crippen LogP contribution in [0.2, 0.25) is 0 Å². The summed E-state index contributed by atoms with van der Waals surface area (Å²) in [5.41, 5.74) is -3.32. The monoisotopic (exact) mass is 202 g/mol. The van der Waals surface area contributed by atoms with Crippen molar-refractivity contribution in [2.75, 3.05) is 6.61 Å². The normalized spacial score (nSPS) is 41.4. The number of ether oxygens (including phenoxy) is 1. The lowest BCUT2D eigenvalue weighted by Crippen LogP contribution is -2.66. The second-order valence-corrected chi connectivity index (χ2v) is 3.60. The van der Waals surface area contributed by atoms with Crippen molar-refractivity contribution in [2.24, 2.45) is 0 Å². The van der Waals surface area contributed by atoms with E-state index in [1.165, 1.54) is 0 Å². The van der Waals surface area contributed by atoms with Crippen LogP contribution in [-0.4, -0.2) is 44.2 Å².